The third kappa shape index (κ3) is 2.82. The molecule has 0 saturated heterocycles. The highest BCUT2D eigenvalue weighted by molar-refractivity contribution is 5.58. The number of aliphatic hydroxyl groups is 1. The number of hydrogen-bond acceptors (Lipinski definition) is 5. The van der Waals surface area contributed by atoms with Crippen molar-refractivity contribution in [3.63, 3.8) is 0 Å². The average Bonchev–Trinajstić information content (AvgIpc) is 2.23. The predicted octanol–water partition coefficient (Wildman–Crippen LogP) is 0.954. The van der Waals surface area contributed by atoms with Crippen molar-refractivity contribution in [2.45, 2.75) is 20.8 Å². The normalized spacial score (nSPS) is 10.3. The summed E-state index contributed by atoms with van der Waals surface area (Å²) in [7, 11) is 1.92. The van der Waals surface area contributed by atoms with Crippen LogP contribution in [0.25, 0.3) is 0 Å². The van der Waals surface area contributed by atoms with Crippen molar-refractivity contribution in [2.75, 3.05) is 37.0 Å². The lowest BCUT2D eigenvalue weighted by Gasteiger charge is -2.21. The molecule has 0 aliphatic heterocycles. The second-order valence-corrected chi connectivity index (χ2v) is 3.74. The summed E-state index contributed by atoms with van der Waals surface area (Å²) in [6.45, 7) is 7.42. The number of nitrogens with one attached hydrogen (secondary N) is 1. The van der Waals surface area contributed by atoms with E-state index in [4.69, 9.17) is 5.11 Å². The number of aryl methyl sites for hydroxylation is 1. The lowest BCUT2D eigenvalue weighted by molar-refractivity contribution is 0.303. The van der Waals surface area contributed by atoms with E-state index in [0.717, 1.165) is 29.6 Å². The highest BCUT2D eigenvalue weighted by Crippen LogP contribution is 2.22. The van der Waals surface area contributed by atoms with Crippen molar-refractivity contribution in [3.8, 4) is 0 Å². The summed E-state index contributed by atoms with van der Waals surface area (Å²) >= 11 is 0. The number of nitrogens with zero attached hydrogens (tertiary/aromatic N) is 3. The number of aliphatic hydroxyl groups excluding tert-OH is 1. The molecule has 0 radical (unpaired) electrons. The van der Waals surface area contributed by atoms with Gasteiger partial charge in [0.05, 0.1) is 6.61 Å². The van der Waals surface area contributed by atoms with Gasteiger partial charge in [0.15, 0.2) is 0 Å². The molecule has 16 heavy (non-hydrogen) atoms. The van der Waals surface area contributed by atoms with Crippen LogP contribution in [-0.4, -0.2) is 41.8 Å². The monoisotopic (exact) mass is 224 g/mol. The topological polar surface area (TPSA) is 61.3 Å². The third-order valence-corrected chi connectivity index (χ3v) is 2.37. The Kier molecular flexibility index (Phi) is 4.49. The number of anilines is 2. The fourth-order valence-electron chi connectivity index (χ4n) is 1.58. The summed E-state index contributed by atoms with van der Waals surface area (Å²) in [6, 6.07) is 0. The predicted molar refractivity (Wildman–Crippen MR) is 66.0 cm³/mol. The third-order valence-electron chi connectivity index (χ3n) is 2.37. The molecule has 0 atom stereocenters. The zero-order valence-corrected chi connectivity index (χ0v) is 10.4. The van der Waals surface area contributed by atoms with Crippen molar-refractivity contribution in [3.05, 3.63) is 11.4 Å². The molecule has 0 aliphatic rings. The standard InChI is InChI=1S/C11H20N4O/c1-5-12-10-8(2)11(14-9(3)13-10)15(4)6-7-16/h16H,5-7H2,1-4H3,(H,12,13,14). The van der Waals surface area contributed by atoms with Gasteiger partial charge in [-0.3, -0.25) is 0 Å². The summed E-state index contributed by atoms with van der Waals surface area (Å²) < 4.78 is 0. The van der Waals surface area contributed by atoms with E-state index in [1.807, 2.05) is 32.7 Å². The van der Waals surface area contributed by atoms with Crippen LogP contribution < -0.4 is 10.2 Å². The van der Waals surface area contributed by atoms with Gasteiger partial charge < -0.3 is 15.3 Å². The number of likely N-dealkylation sites (N-methyl/N-ethyl adjacent to an activating group) is 1. The fraction of sp³-hybridized carbons (Fsp3) is 0.636. The molecule has 5 heteroatoms. The van der Waals surface area contributed by atoms with Crippen LogP contribution in [0.5, 0.6) is 0 Å². The molecule has 2 N–H and O–H groups in total. The van der Waals surface area contributed by atoms with Crippen molar-refractivity contribution < 1.29 is 5.11 Å². The quantitative estimate of drug-likeness (QED) is 0.780. The van der Waals surface area contributed by atoms with Crippen molar-refractivity contribution in [1.82, 2.24) is 9.97 Å². The van der Waals surface area contributed by atoms with E-state index in [-0.39, 0.29) is 6.61 Å². The molecular weight excluding hydrogens is 204 g/mol. The van der Waals surface area contributed by atoms with E-state index < -0.39 is 0 Å². The maximum Gasteiger partial charge on any atom is 0.137 e. The molecule has 0 bridgehead atoms. The van der Waals surface area contributed by atoms with Crippen molar-refractivity contribution in [2.24, 2.45) is 0 Å². The highest BCUT2D eigenvalue weighted by Gasteiger charge is 2.11. The molecule has 5 nitrogen and oxygen atoms in total. The lowest BCUT2D eigenvalue weighted by atomic mass is 10.3. The van der Waals surface area contributed by atoms with Crippen LogP contribution >= 0.6 is 0 Å². The zero-order valence-electron chi connectivity index (χ0n) is 10.4. The summed E-state index contributed by atoms with van der Waals surface area (Å²) in [4.78, 5) is 10.7. The molecule has 1 aromatic rings. The Morgan fingerprint density at radius 1 is 1.31 bits per heavy atom. The first-order chi connectivity index (χ1) is 7.60. The lowest BCUT2D eigenvalue weighted by Crippen LogP contribution is -2.24. The molecule has 0 fully saturated rings. The van der Waals surface area contributed by atoms with Gasteiger partial charge >= 0.3 is 0 Å². The zero-order chi connectivity index (χ0) is 12.1. The molecular formula is C11H20N4O. The molecule has 1 aromatic heterocycles. The van der Waals surface area contributed by atoms with E-state index in [9.17, 15) is 0 Å². The number of hydrogen-bond donors (Lipinski definition) is 2. The van der Waals surface area contributed by atoms with Gasteiger partial charge in [0.2, 0.25) is 0 Å². The van der Waals surface area contributed by atoms with Crippen LogP contribution in [0.2, 0.25) is 0 Å². The molecule has 0 unspecified atom stereocenters. The Labute approximate surface area is 96.5 Å². The Morgan fingerprint density at radius 3 is 2.56 bits per heavy atom. The summed E-state index contributed by atoms with van der Waals surface area (Å²) in [6.07, 6.45) is 0. The average molecular weight is 224 g/mol. The molecule has 90 valence electrons. The number of rotatable bonds is 5. The van der Waals surface area contributed by atoms with E-state index >= 15 is 0 Å². The SMILES string of the molecule is CCNc1nc(C)nc(N(C)CCO)c1C. The van der Waals surface area contributed by atoms with Crippen LogP contribution in [-0.2, 0) is 0 Å². The van der Waals surface area contributed by atoms with Crippen LogP contribution in [0.3, 0.4) is 0 Å². The summed E-state index contributed by atoms with van der Waals surface area (Å²) in [5, 5.41) is 12.1. The van der Waals surface area contributed by atoms with E-state index in [2.05, 4.69) is 15.3 Å². The van der Waals surface area contributed by atoms with Gasteiger partial charge in [-0.2, -0.15) is 0 Å². The number of aromatic nitrogens is 2. The van der Waals surface area contributed by atoms with Crippen molar-refractivity contribution in [1.29, 1.82) is 0 Å². The minimum absolute atomic E-state index is 0.121. The highest BCUT2D eigenvalue weighted by atomic mass is 16.3. The molecule has 0 spiro atoms. The first-order valence-electron chi connectivity index (χ1n) is 5.51. The second kappa shape index (κ2) is 5.65. The van der Waals surface area contributed by atoms with E-state index in [1.54, 1.807) is 0 Å². The molecule has 1 heterocycles. The molecule has 0 saturated carbocycles. The fourth-order valence-corrected chi connectivity index (χ4v) is 1.58. The van der Waals surface area contributed by atoms with E-state index in [1.165, 1.54) is 0 Å². The Bertz CT molecular complexity index is 354. The first kappa shape index (κ1) is 12.7. The molecule has 0 amide bonds. The van der Waals surface area contributed by atoms with Gasteiger partial charge in [0.1, 0.15) is 17.5 Å². The maximum absolute atomic E-state index is 8.93. The van der Waals surface area contributed by atoms with Crippen LogP contribution in [0, 0.1) is 13.8 Å². The van der Waals surface area contributed by atoms with E-state index in [0.29, 0.717) is 6.54 Å². The Morgan fingerprint density at radius 2 is 2.00 bits per heavy atom. The van der Waals surface area contributed by atoms with Crippen molar-refractivity contribution >= 4 is 11.6 Å². The van der Waals surface area contributed by atoms with Gasteiger partial charge in [-0.25, -0.2) is 9.97 Å². The molecule has 0 aliphatic carbocycles. The van der Waals surface area contributed by atoms with Gasteiger partial charge in [-0.05, 0) is 20.8 Å². The Hall–Kier alpha value is -1.36. The summed E-state index contributed by atoms with van der Waals surface area (Å²) in [5.41, 5.74) is 1.02. The minimum atomic E-state index is 0.121. The van der Waals surface area contributed by atoms with Crippen LogP contribution in [0.1, 0.15) is 18.3 Å². The molecule has 1 rings (SSSR count). The second-order valence-electron chi connectivity index (χ2n) is 3.74. The minimum Gasteiger partial charge on any atom is -0.395 e. The van der Waals surface area contributed by atoms with Gasteiger partial charge in [0.25, 0.3) is 0 Å². The van der Waals surface area contributed by atoms with Gasteiger partial charge in [-0.1, -0.05) is 0 Å². The van der Waals surface area contributed by atoms with Gasteiger partial charge in [0, 0.05) is 25.7 Å². The summed E-state index contributed by atoms with van der Waals surface area (Å²) in [5.74, 6) is 2.48. The smallest absolute Gasteiger partial charge is 0.137 e. The maximum atomic E-state index is 8.93. The van der Waals surface area contributed by atoms with Crippen LogP contribution in [0.4, 0.5) is 11.6 Å². The Balaban J connectivity index is 3.07. The molecule has 0 aromatic carbocycles. The van der Waals surface area contributed by atoms with Crippen LogP contribution in [0.15, 0.2) is 0 Å². The largest absolute Gasteiger partial charge is 0.395 e. The first-order valence-corrected chi connectivity index (χ1v) is 5.51. The van der Waals surface area contributed by atoms with Gasteiger partial charge in [-0.15, -0.1) is 0 Å².